The first-order chi connectivity index (χ1) is 15.6. The van der Waals surface area contributed by atoms with Crippen LogP contribution in [0.5, 0.6) is 0 Å². The molecule has 2 atom stereocenters. The smallest absolute Gasteiger partial charge is 0.407 e. The summed E-state index contributed by atoms with van der Waals surface area (Å²) in [5.41, 5.74) is -5.93. The SMILES string of the molecule is CCOC(=O)C(C[C@](C)(NS(=O)(=O)c1ccc([N+](=O)[O-])cc1)C(F)(F)F)P(=O)(OCC)OCC. The summed E-state index contributed by atoms with van der Waals surface area (Å²) >= 11 is 0. The zero-order valence-corrected chi connectivity index (χ0v) is 20.5. The number of esters is 1. The molecule has 0 aliphatic heterocycles. The average molecular weight is 534 g/mol. The fourth-order valence-electron chi connectivity index (χ4n) is 2.84. The van der Waals surface area contributed by atoms with Gasteiger partial charge in [-0.05, 0) is 46.2 Å². The fraction of sp³-hybridized carbons (Fsp3) is 0.611. The molecular weight excluding hydrogens is 508 g/mol. The van der Waals surface area contributed by atoms with Crippen LogP contribution in [0.4, 0.5) is 18.9 Å². The first-order valence-electron chi connectivity index (χ1n) is 9.97. The molecule has 0 fully saturated rings. The zero-order valence-electron chi connectivity index (χ0n) is 18.8. The number of nitrogens with one attached hydrogen (secondary N) is 1. The second-order valence-corrected chi connectivity index (χ2v) is 10.9. The second kappa shape index (κ2) is 11.6. The molecule has 34 heavy (non-hydrogen) atoms. The Morgan fingerprint density at radius 1 is 1.12 bits per heavy atom. The Morgan fingerprint density at radius 3 is 2.00 bits per heavy atom. The van der Waals surface area contributed by atoms with E-state index >= 15 is 0 Å². The maximum Gasteiger partial charge on any atom is 0.407 e. The summed E-state index contributed by atoms with van der Waals surface area (Å²) in [5, 5.41) is 10.8. The summed E-state index contributed by atoms with van der Waals surface area (Å²) < 4.78 is 97.5. The molecular formula is C18H26F3N2O9PS. The van der Waals surface area contributed by atoms with E-state index in [1.54, 1.807) is 0 Å². The molecule has 1 unspecified atom stereocenters. The van der Waals surface area contributed by atoms with Crippen molar-refractivity contribution in [3.63, 3.8) is 0 Å². The van der Waals surface area contributed by atoms with Crippen LogP contribution in [-0.2, 0) is 33.2 Å². The summed E-state index contributed by atoms with van der Waals surface area (Å²) in [4.78, 5) is 21.8. The predicted molar refractivity (Wildman–Crippen MR) is 114 cm³/mol. The van der Waals surface area contributed by atoms with Gasteiger partial charge in [0, 0.05) is 12.1 Å². The number of hydrogen-bond donors (Lipinski definition) is 1. The molecule has 0 aromatic heterocycles. The highest BCUT2D eigenvalue weighted by atomic mass is 32.2. The van der Waals surface area contributed by atoms with E-state index in [1.807, 2.05) is 0 Å². The Morgan fingerprint density at radius 2 is 1.62 bits per heavy atom. The van der Waals surface area contributed by atoms with Crippen molar-refractivity contribution in [1.82, 2.24) is 4.72 Å². The topological polar surface area (TPSA) is 151 Å². The van der Waals surface area contributed by atoms with Gasteiger partial charge in [0.15, 0.2) is 5.66 Å². The minimum atomic E-state index is -5.28. The third kappa shape index (κ3) is 7.22. The normalized spacial score (nSPS) is 15.4. The van der Waals surface area contributed by atoms with Gasteiger partial charge in [0.25, 0.3) is 5.69 Å². The van der Waals surface area contributed by atoms with Crippen molar-refractivity contribution in [3.05, 3.63) is 34.4 Å². The Hall–Kier alpha value is -2.06. The van der Waals surface area contributed by atoms with Crippen LogP contribution < -0.4 is 4.72 Å². The van der Waals surface area contributed by atoms with E-state index in [-0.39, 0.29) is 19.8 Å². The van der Waals surface area contributed by atoms with Crippen molar-refractivity contribution in [1.29, 1.82) is 0 Å². The van der Waals surface area contributed by atoms with Crippen LogP contribution in [0, 0.1) is 10.1 Å². The standard InChI is InChI=1S/C18H26F3N2O9PS/c1-5-30-16(24)15(33(27,31-6-2)32-7-3)12-17(4,18(19,20)21)22-34(28,29)14-10-8-13(9-11-14)23(25)26/h8-11,15,22H,5-7,12H2,1-4H3/t15?,17-/m0/s1. The van der Waals surface area contributed by atoms with Gasteiger partial charge in [-0.3, -0.25) is 19.5 Å². The molecule has 0 radical (unpaired) electrons. The van der Waals surface area contributed by atoms with E-state index in [9.17, 15) is 41.1 Å². The quantitative estimate of drug-likeness (QED) is 0.172. The maximum absolute atomic E-state index is 14.2. The minimum Gasteiger partial charge on any atom is -0.465 e. The van der Waals surface area contributed by atoms with Crippen LogP contribution in [0.1, 0.15) is 34.1 Å². The van der Waals surface area contributed by atoms with Crippen LogP contribution in [0.15, 0.2) is 29.2 Å². The second-order valence-electron chi connectivity index (χ2n) is 7.03. The van der Waals surface area contributed by atoms with E-state index in [4.69, 9.17) is 13.8 Å². The molecule has 1 aromatic rings. The number of nitro benzene ring substituents is 1. The number of sulfonamides is 1. The number of halogens is 3. The van der Waals surface area contributed by atoms with Gasteiger partial charge >= 0.3 is 19.7 Å². The van der Waals surface area contributed by atoms with Gasteiger partial charge in [0.1, 0.15) is 5.54 Å². The number of carbonyl (C=O) groups is 1. The molecule has 0 amide bonds. The van der Waals surface area contributed by atoms with Gasteiger partial charge < -0.3 is 13.8 Å². The predicted octanol–water partition coefficient (Wildman–Crippen LogP) is 3.78. The van der Waals surface area contributed by atoms with Gasteiger partial charge in [-0.25, -0.2) is 8.42 Å². The monoisotopic (exact) mass is 534 g/mol. The van der Waals surface area contributed by atoms with Crippen LogP contribution in [0.2, 0.25) is 0 Å². The van der Waals surface area contributed by atoms with Gasteiger partial charge in [-0.2, -0.15) is 17.9 Å². The van der Waals surface area contributed by atoms with Crippen LogP contribution in [0.25, 0.3) is 0 Å². The van der Waals surface area contributed by atoms with E-state index < -0.39 is 62.9 Å². The molecule has 11 nitrogen and oxygen atoms in total. The van der Waals surface area contributed by atoms with Crippen molar-refractivity contribution in [3.8, 4) is 0 Å². The highest BCUT2D eigenvalue weighted by molar-refractivity contribution is 7.89. The number of ether oxygens (including phenoxy) is 1. The number of hydrogen-bond acceptors (Lipinski definition) is 9. The van der Waals surface area contributed by atoms with E-state index in [2.05, 4.69) is 0 Å². The van der Waals surface area contributed by atoms with Crippen LogP contribution >= 0.6 is 7.60 Å². The van der Waals surface area contributed by atoms with Gasteiger partial charge in [0.2, 0.25) is 10.0 Å². The summed E-state index contributed by atoms with van der Waals surface area (Å²) in [5.74, 6) is -1.32. The molecule has 194 valence electrons. The van der Waals surface area contributed by atoms with Crippen LogP contribution in [-0.4, -0.2) is 56.5 Å². The first-order valence-corrected chi connectivity index (χ1v) is 13.1. The number of rotatable bonds is 13. The molecule has 0 saturated carbocycles. The molecule has 0 spiro atoms. The van der Waals surface area contributed by atoms with Crippen molar-refractivity contribution in [2.75, 3.05) is 19.8 Å². The van der Waals surface area contributed by atoms with E-state index in [1.165, 1.54) is 25.5 Å². The maximum atomic E-state index is 14.2. The van der Waals surface area contributed by atoms with Crippen LogP contribution in [0.3, 0.4) is 0 Å². The Bertz CT molecular complexity index is 1010. The van der Waals surface area contributed by atoms with Gasteiger partial charge in [-0.15, -0.1) is 0 Å². The third-order valence-electron chi connectivity index (χ3n) is 4.50. The molecule has 1 N–H and O–H groups in total. The Kier molecular flexibility index (Phi) is 10.2. The highest BCUT2D eigenvalue weighted by Gasteiger charge is 2.58. The number of non-ortho nitro benzene ring substituents is 1. The molecule has 1 aromatic carbocycles. The summed E-state index contributed by atoms with van der Waals surface area (Å²) in [6.07, 6.45) is -6.66. The van der Waals surface area contributed by atoms with Crippen molar-refractivity contribution in [2.45, 2.75) is 56.4 Å². The summed E-state index contributed by atoms with van der Waals surface area (Å²) in [6.45, 7) is 3.80. The molecule has 0 aliphatic carbocycles. The zero-order chi connectivity index (χ0) is 26.4. The lowest BCUT2D eigenvalue weighted by Gasteiger charge is -2.36. The average Bonchev–Trinajstić information content (AvgIpc) is 2.71. The molecule has 1 rings (SSSR count). The lowest BCUT2D eigenvalue weighted by atomic mass is 9.96. The van der Waals surface area contributed by atoms with Crippen molar-refractivity contribution in [2.24, 2.45) is 0 Å². The lowest BCUT2D eigenvalue weighted by Crippen LogP contribution is -2.58. The van der Waals surface area contributed by atoms with Crippen molar-refractivity contribution >= 4 is 29.3 Å². The molecule has 16 heteroatoms. The molecule has 0 heterocycles. The Labute approximate surface area is 194 Å². The number of alkyl halides is 3. The fourth-order valence-corrected chi connectivity index (χ4v) is 6.32. The number of nitro groups is 1. The lowest BCUT2D eigenvalue weighted by molar-refractivity contribution is -0.384. The highest BCUT2D eigenvalue weighted by Crippen LogP contribution is 2.56. The third-order valence-corrected chi connectivity index (χ3v) is 8.51. The summed E-state index contributed by atoms with van der Waals surface area (Å²) in [6, 6.07) is 3.12. The minimum absolute atomic E-state index is 0.259. The largest absolute Gasteiger partial charge is 0.465 e. The molecule has 0 saturated heterocycles. The van der Waals surface area contributed by atoms with E-state index in [0.29, 0.717) is 6.92 Å². The van der Waals surface area contributed by atoms with Crippen molar-refractivity contribution < 1.29 is 49.7 Å². The number of benzene rings is 1. The van der Waals surface area contributed by atoms with Gasteiger partial charge in [-0.1, -0.05) is 0 Å². The van der Waals surface area contributed by atoms with E-state index in [0.717, 1.165) is 24.3 Å². The Balaban J connectivity index is 3.52. The molecule has 0 bridgehead atoms. The first kappa shape index (κ1) is 30.0. The number of nitrogens with zero attached hydrogens (tertiary/aromatic N) is 1. The molecule has 0 aliphatic rings. The number of carbonyl (C=O) groups excluding carboxylic acids is 1. The summed E-state index contributed by atoms with van der Waals surface area (Å²) in [7, 11) is -9.43. The van der Waals surface area contributed by atoms with Gasteiger partial charge in [0.05, 0.1) is 29.6 Å².